The Labute approximate surface area is 90.0 Å². The first-order chi connectivity index (χ1) is 6.13. The monoisotopic (exact) mass is 262 g/mol. The van der Waals surface area contributed by atoms with Gasteiger partial charge < -0.3 is 4.74 Å². The van der Waals surface area contributed by atoms with Crippen LogP contribution < -0.4 is 0 Å². The average Bonchev–Trinajstić information content (AvgIpc) is 2.50. The van der Waals surface area contributed by atoms with Gasteiger partial charge in [-0.15, -0.1) is 11.3 Å². The van der Waals surface area contributed by atoms with Crippen LogP contribution in [0.4, 0.5) is 0 Å². The minimum Gasteiger partial charge on any atom is -0.459 e. The molecular formula is C9H11BrO2S. The molecule has 4 heteroatoms. The van der Waals surface area contributed by atoms with Gasteiger partial charge in [-0.2, -0.15) is 0 Å². The summed E-state index contributed by atoms with van der Waals surface area (Å²) in [5.41, 5.74) is 0. The molecule has 0 saturated heterocycles. The zero-order valence-corrected chi connectivity index (χ0v) is 9.94. The third kappa shape index (κ3) is 3.12. The van der Waals surface area contributed by atoms with Gasteiger partial charge in [0.2, 0.25) is 0 Å². The fourth-order valence-corrected chi connectivity index (χ4v) is 2.10. The molecule has 0 saturated carbocycles. The second kappa shape index (κ2) is 4.77. The summed E-state index contributed by atoms with van der Waals surface area (Å²) in [7, 11) is 0. The topological polar surface area (TPSA) is 26.3 Å². The predicted molar refractivity (Wildman–Crippen MR) is 57.5 cm³/mol. The van der Waals surface area contributed by atoms with E-state index in [1.807, 2.05) is 19.9 Å². The second-order valence-electron chi connectivity index (χ2n) is 2.85. The minimum absolute atomic E-state index is 0.0537. The van der Waals surface area contributed by atoms with E-state index in [0.29, 0.717) is 4.88 Å². The number of halogens is 1. The van der Waals surface area contributed by atoms with Crippen LogP contribution in [-0.2, 0) is 10.1 Å². The number of alkyl halides is 1. The molecule has 1 aromatic rings. The number of carbonyl (C=O) groups excluding carboxylic acids is 1. The molecule has 0 aliphatic heterocycles. The van der Waals surface area contributed by atoms with Crippen molar-refractivity contribution < 1.29 is 9.53 Å². The van der Waals surface area contributed by atoms with E-state index in [9.17, 15) is 4.79 Å². The van der Waals surface area contributed by atoms with E-state index in [2.05, 4.69) is 15.9 Å². The Morgan fingerprint density at radius 1 is 1.62 bits per heavy atom. The van der Waals surface area contributed by atoms with Crippen LogP contribution in [0.1, 0.15) is 28.4 Å². The van der Waals surface area contributed by atoms with Gasteiger partial charge in [0.25, 0.3) is 0 Å². The maximum absolute atomic E-state index is 11.4. The molecule has 0 bridgehead atoms. The number of thiophene rings is 1. The van der Waals surface area contributed by atoms with Crippen molar-refractivity contribution >= 4 is 33.2 Å². The molecule has 2 nitrogen and oxygen atoms in total. The van der Waals surface area contributed by atoms with Crippen LogP contribution in [0.25, 0.3) is 0 Å². The number of carbonyl (C=O) groups is 1. The van der Waals surface area contributed by atoms with Gasteiger partial charge in [0.05, 0.1) is 6.10 Å². The van der Waals surface area contributed by atoms with Crippen LogP contribution in [0, 0.1) is 0 Å². The fourth-order valence-electron chi connectivity index (χ4n) is 0.832. The quantitative estimate of drug-likeness (QED) is 0.618. The predicted octanol–water partition coefficient (Wildman–Crippen LogP) is 3.21. The van der Waals surface area contributed by atoms with Crippen molar-refractivity contribution in [3.63, 3.8) is 0 Å². The molecule has 0 aliphatic carbocycles. The van der Waals surface area contributed by atoms with Crippen molar-refractivity contribution in [2.24, 2.45) is 0 Å². The largest absolute Gasteiger partial charge is 0.459 e. The molecule has 0 N–H and O–H groups in total. The van der Waals surface area contributed by atoms with E-state index in [4.69, 9.17) is 4.74 Å². The van der Waals surface area contributed by atoms with Gasteiger partial charge in [0.15, 0.2) is 0 Å². The highest BCUT2D eigenvalue weighted by Gasteiger charge is 2.11. The van der Waals surface area contributed by atoms with Crippen LogP contribution in [0.5, 0.6) is 0 Å². The van der Waals surface area contributed by atoms with E-state index in [1.54, 1.807) is 6.07 Å². The van der Waals surface area contributed by atoms with Gasteiger partial charge in [-0.3, -0.25) is 0 Å². The van der Waals surface area contributed by atoms with E-state index in [1.165, 1.54) is 11.3 Å². The van der Waals surface area contributed by atoms with Gasteiger partial charge in [-0.25, -0.2) is 4.79 Å². The molecular weight excluding hydrogens is 252 g/mol. The summed E-state index contributed by atoms with van der Waals surface area (Å²) in [5, 5.41) is 0.784. The maximum atomic E-state index is 11.4. The summed E-state index contributed by atoms with van der Waals surface area (Å²) >= 11 is 4.79. The van der Waals surface area contributed by atoms with Crippen molar-refractivity contribution in [3.05, 3.63) is 21.9 Å². The van der Waals surface area contributed by atoms with E-state index < -0.39 is 0 Å². The van der Waals surface area contributed by atoms with Crippen molar-refractivity contribution in [2.45, 2.75) is 25.3 Å². The number of esters is 1. The molecule has 0 aromatic carbocycles. The Morgan fingerprint density at radius 3 is 2.77 bits per heavy atom. The van der Waals surface area contributed by atoms with E-state index in [0.717, 1.165) is 10.2 Å². The molecule has 0 spiro atoms. The van der Waals surface area contributed by atoms with Crippen LogP contribution in [0.15, 0.2) is 12.1 Å². The van der Waals surface area contributed by atoms with E-state index >= 15 is 0 Å². The first kappa shape index (κ1) is 10.7. The molecule has 72 valence electrons. The summed E-state index contributed by atoms with van der Waals surface area (Å²) in [4.78, 5) is 13.2. The minimum atomic E-state index is -0.229. The lowest BCUT2D eigenvalue weighted by Crippen LogP contribution is -2.09. The first-order valence-corrected chi connectivity index (χ1v) is 5.93. The number of ether oxygens (including phenoxy) is 1. The Hall–Kier alpha value is -0.350. The molecule has 0 fully saturated rings. The Kier molecular flexibility index (Phi) is 3.93. The molecule has 0 aliphatic rings. The molecule has 13 heavy (non-hydrogen) atoms. The SMILES string of the molecule is CC(C)OC(=O)c1ccc(CBr)s1. The highest BCUT2D eigenvalue weighted by Crippen LogP contribution is 2.20. The van der Waals surface area contributed by atoms with Gasteiger partial charge in [-0.05, 0) is 26.0 Å². The van der Waals surface area contributed by atoms with Crippen LogP contribution in [0.2, 0.25) is 0 Å². The second-order valence-corrected chi connectivity index (χ2v) is 4.58. The Morgan fingerprint density at radius 2 is 2.31 bits per heavy atom. The van der Waals surface area contributed by atoms with Crippen molar-refractivity contribution in [1.29, 1.82) is 0 Å². The first-order valence-electron chi connectivity index (χ1n) is 3.99. The standard InChI is InChI=1S/C9H11BrO2S/c1-6(2)12-9(11)8-4-3-7(5-10)13-8/h3-4,6H,5H2,1-2H3. The lowest BCUT2D eigenvalue weighted by molar-refractivity contribution is 0.0384. The van der Waals surface area contributed by atoms with Crippen LogP contribution >= 0.6 is 27.3 Å². The zero-order valence-electron chi connectivity index (χ0n) is 7.54. The van der Waals surface area contributed by atoms with Crippen molar-refractivity contribution in [1.82, 2.24) is 0 Å². The van der Waals surface area contributed by atoms with Gasteiger partial charge in [0, 0.05) is 10.2 Å². The van der Waals surface area contributed by atoms with Gasteiger partial charge >= 0.3 is 5.97 Å². The zero-order chi connectivity index (χ0) is 9.84. The fraction of sp³-hybridized carbons (Fsp3) is 0.444. The highest BCUT2D eigenvalue weighted by molar-refractivity contribution is 9.08. The summed E-state index contributed by atoms with van der Waals surface area (Å²) < 4.78 is 5.05. The van der Waals surface area contributed by atoms with Crippen LogP contribution in [0.3, 0.4) is 0 Å². The Bertz CT molecular complexity index is 294. The number of hydrogen-bond acceptors (Lipinski definition) is 3. The molecule has 1 aromatic heterocycles. The number of hydrogen-bond donors (Lipinski definition) is 0. The van der Waals surface area contributed by atoms with Crippen LogP contribution in [-0.4, -0.2) is 12.1 Å². The molecule has 0 atom stereocenters. The molecule has 1 rings (SSSR count). The molecule has 0 radical (unpaired) electrons. The van der Waals surface area contributed by atoms with Gasteiger partial charge in [0.1, 0.15) is 4.88 Å². The van der Waals surface area contributed by atoms with Crippen molar-refractivity contribution in [3.8, 4) is 0 Å². The number of rotatable bonds is 3. The molecule has 0 unspecified atom stereocenters. The smallest absolute Gasteiger partial charge is 0.348 e. The highest BCUT2D eigenvalue weighted by atomic mass is 79.9. The third-order valence-electron chi connectivity index (χ3n) is 1.34. The summed E-state index contributed by atoms with van der Waals surface area (Å²) in [5.74, 6) is -0.229. The summed E-state index contributed by atoms with van der Waals surface area (Å²) in [6.45, 7) is 3.69. The third-order valence-corrected chi connectivity index (χ3v) is 3.38. The summed E-state index contributed by atoms with van der Waals surface area (Å²) in [6.07, 6.45) is -0.0537. The van der Waals surface area contributed by atoms with Crippen molar-refractivity contribution in [2.75, 3.05) is 0 Å². The lowest BCUT2D eigenvalue weighted by atomic mass is 10.4. The summed E-state index contributed by atoms with van der Waals surface area (Å²) in [6, 6.07) is 3.72. The molecule has 1 heterocycles. The lowest BCUT2D eigenvalue weighted by Gasteiger charge is -2.05. The maximum Gasteiger partial charge on any atom is 0.348 e. The molecule has 0 amide bonds. The Balaban J connectivity index is 2.66. The van der Waals surface area contributed by atoms with Gasteiger partial charge in [-0.1, -0.05) is 15.9 Å². The average molecular weight is 263 g/mol. The normalized spacial score (nSPS) is 10.5. The van der Waals surface area contributed by atoms with E-state index in [-0.39, 0.29) is 12.1 Å².